The maximum atomic E-state index is 5.72. The van der Waals surface area contributed by atoms with Gasteiger partial charge in [-0.25, -0.2) is 9.67 Å². The second-order valence-electron chi connectivity index (χ2n) is 4.63. The van der Waals surface area contributed by atoms with Gasteiger partial charge in [-0.2, -0.15) is 10.2 Å². The molecule has 2 unspecified atom stereocenters. The first kappa shape index (κ1) is 12.8. The molecule has 0 bridgehead atoms. The molecule has 6 nitrogen and oxygen atoms in total. The molecule has 98 valence electrons. The fourth-order valence-electron chi connectivity index (χ4n) is 1.65. The van der Waals surface area contributed by atoms with Crippen LogP contribution in [0.2, 0.25) is 0 Å². The molecule has 2 heterocycles. The molecule has 0 aliphatic carbocycles. The van der Waals surface area contributed by atoms with Crippen LogP contribution in [-0.4, -0.2) is 24.5 Å². The van der Waals surface area contributed by atoms with Crippen molar-refractivity contribution in [3.8, 4) is 0 Å². The standard InChI is InChI=1S/C12H20N6/c1-4-9(2)18-6-5-11(15-18)7-17-8-14-12(16-17)10(3)13/h5-6,8-10H,4,7,13H2,1-3H3. The summed E-state index contributed by atoms with van der Waals surface area (Å²) in [4.78, 5) is 4.16. The minimum atomic E-state index is -0.135. The zero-order chi connectivity index (χ0) is 13.1. The highest BCUT2D eigenvalue weighted by molar-refractivity contribution is 5.00. The van der Waals surface area contributed by atoms with Gasteiger partial charge in [0.25, 0.3) is 0 Å². The van der Waals surface area contributed by atoms with E-state index in [1.165, 1.54) is 0 Å². The summed E-state index contributed by atoms with van der Waals surface area (Å²) >= 11 is 0. The molecule has 6 heteroatoms. The zero-order valence-electron chi connectivity index (χ0n) is 11.1. The van der Waals surface area contributed by atoms with Gasteiger partial charge < -0.3 is 5.73 Å². The van der Waals surface area contributed by atoms with Gasteiger partial charge in [0.05, 0.1) is 18.3 Å². The van der Waals surface area contributed by atoms with Crippen LogP contribution in [0.1, 0.15) is 50.8 Å². The Kier molecular flexibility index (Phi) is 3.76. The van der Waals surface area contributed by atoms with E-state index in [1.807, 2.05) is 23.9 Å². The van der Waals surface area contributed by atoms with Crippen molar-refractivity contribution in [3.05, 3.63) is 30.1 Å². The molecular formula is C12H20N6. The van der Waals surface area contributed by atoms with E-state index in [-0.39, 0.29) is 6.04 Å². The highest BCUT2D eigenvalue weighted by Gasteiger charge is 2.08. The van der Waals surface area contributed by atoms with Gasteiger partial charge in [-0.1, -0.05) is 6.92 Å². The smallest absolute Gasteiger partial charge is 0.166 e. The Labute approximate surface area is 107 Å². The van der Waals surface area contributed by atoms with Gasteiger partial charge in [0, 0.05) is 12.2 Å². The van der Waals surface area contributed by atoms with Crippen molar-refractivity contribution >= 4 is 0 Å². The zero-order valence-corrected chi connectivity index (χ0v) is 11.1. The topological polar surface area (TPSA) is 74.5 Å². The molecule has 0 aliphatic rings. The third kappa shape index (κ3) is 2.76. The third-order valence-corrected chi connectivity index (χ3v) is 2.99. The average molecular weight is 248 g/mol. The summed E-state index contributed by atoms with van der Waals surface area (Å²) in [6.45, 7) is 6.80. The molecule has 0 aromatic carbocycles. The van der Waals surface area contributed by atoms with E-state index >= 15 is 0 Å². The van der Waals surface area contributed by atoms with Crippen LogP contribution < -0.4 is 5.73 Å². The van der Waals surface area contributed by atoms with Crippen LogP contribution in [0.15, 0.2) is 18.6 Å². The molecule has 0 saturated heterocycles. The summed E-state index contributed by atoms with van der Waals surface area (Å²) in [6.07, 6.45) is 4.77. The van der Waals surface area contributed by atoms with Crippen LogP contribution in [0.3, 0.4) is 0 Å². The maximum absolute atomic E-state index is 5.72. The highest BCUT2D eigenvalue weighted by Crippen LogP contribution is 2.10. The Bertz CT molecular complexity index is 498. The lowest BCUT2D eigenvalue weighted by Crippen LogP contribution is -2.09. The van der Waals surface area contributed by atoms with Crippen LogP contribution in [0.4, 0.5) is 0 Å². The predicted octanol–water partition coefficient (Wildman–Crippen LogP) is 1.51. The number of rotatable bonds is 5. The van der Waals surface area contributed by atoms with Gasteiger partial charge in [0.2, 0.25) is 0 Å². The Hall–Kier alpha value is -1.69. The molecule has 0 fully saturated rings. The number of nitrogens with two attached hydrogens (primary N) is 1. The van der Waals surface area contributed by atoms with Crippen molar-refractivity contribution < 1.29 is 0 Å². The fraction of sp³-hybridized carbons (Fsp3) is 0.583. The first-order valence-corrected chi connectivity index (χ1v) is 6.29. The number of aromatic nitrogens is 5. The van der Waals surface area contributed by atoms with Crippen LogP contribution in [-0.2, 0) is 6.54 Å². The van der Waals surface area contributed by atoms with Gasteiger partial charge in [-0.3, -0.25) is 4.68 Å². The molecular weight excluding hydrogens is 228 g/mol. The molecule has 0 amide bonds. The quantitative estimate of drug-likeness (QED) is 0.870. The molecule has 0 aliphatic heterocycles. The second kappa shape index (κ2) is 5.30. The second-order valence-corrected chi connectivity index (χ2v) is 4.63. The Morgan fingerprint density at radius 1 is 1.33 bits per heavy atom. The molecule has 2 rings (SSSR count). The van der Waals surface area contributed by atoms with E-state index in [0.29, 0.717) is 18.4 Å². The van der Waals surface area contributed by atoms with Crippen LogP contribution in [0, 0.1) is 0 Å². The molecule has 0 radical (unpaired) electrons. The minimum Gasteiger partial charge on any atom is -0.321 e. The fourth-order valence-corrected chi connectivity index (χ4v) is 1.65. The molecule has 2 N–H and O–H groups in total. The lowest BCUT2D eigenvalue weighted by molar-refractivity contribution is 0.470. The van der Waals surface area contributed by atoms with Gasteiger partial charge in [0.1, 0.15) is 6.33 Å². The SMILES string of the molecule is CCC(C)n1ccc(Cn2cnc(C(C)N)n2)n1. The Morgan fingerprint density at radius 3 is 2.72 bits per heavy atom. The van der Waals surface area contributed by atoms with E-state index in [2.05, 4.69) is 29.0 Å². The summed E-state index contributed by atoms with van der Waals surface area (Å²) in [5.41, 5.74) is 6.71. The Balaban J connectivity index is 2.06. The van der Waals surface area contributed by atoms with E-state index in [9.17, 15) is 0 Å². The van der Waals surface area contributed by atoms with E-state index in [4.69, 9.17) is 5.73 Å². The van der Waals surface area contributed by atoms with E-state index in [1.54, 1.807) is 11.0 Å². The summed E-state index contributed by atoms with van der Waals surface area (Å²) in [5.74, 6) is 0.663. The lowest BCUT2D eigenvalue weighted by Gasteiger charge is -2.08. The van der Waals surface area contributed by atoms with E-state index in [0.717, 1.165) is 12.1 Å². The first-order chi connectivity index (χ1) is 8.60. The number of nitrogens with zero attached hydrogens (tertiary/aromatic N) is 5. The third-order valence-electron chi connectivity index (χ3n) is 2.99. The molecule has 0 saturated carbocycles. The monoisotopic (exact) mass is 248 g/mol. The van der Waals surface area contributed by atoms with E-state index < -0.39 is 0 Å². The van der Waals surface area contributed by atoms with Crippen molar-refractivity contribution in [2.45, 2.75) is 45.8 Å². The Morgan fingerprint density at radius 2 is 2.11 bits per heavy atom. The molecule has 18 heavy (non-hydrogen) atoms. The minimum absolute atomic E-state index is 0.135. The molecule has 2 atom stereocenters. The maximum Gasteiger partial charge on any atom is 0.166 e. The van der Waals surface area contributed by atoms with Crippen molar-refractivity contribution in [2.75, 3.05) is 0 Å². The van der Waals surface area contributed by atoms with Gasteiger partial charge in [-0.15, -0.1) is 0 Å². The van der Waals surface area contributed by atoms with Crippen molar-refractivity contribution in [3.63, 3.8) is 0 Å². The molecule has 2 aromatic rings. The average Bonchev–Trinajstić information content (AvgIpc) is 2.98. The van der Waals surface area contributed by atoms with Crippen LogP contribution in [0.25, 0.3) is 0 Å². The van der Waals surface area contributed by atoms with Crippen LogP contribution in [0.5, 0.6) is 0 Å². The largest absolute Gasteiger partial charge is 0.321 e. The van der Waals surface area contributed by atoms with Crippen molar-refractivity contribution in [2.24, 2.45) is 5.73 Å². The van der Waals surface area contributed by atoms with Crippen LogP contribution >= 0.6 is 0 Å². The summed E-state index contributed by atoms with van der Waals surface area (Å²) in [5, 5.41) is 8.84. The van der Waals surface area contributed by atoms with Gasteiger partial charge in [0.15, 0.2) is 5.82 Å². The molecule has 2 aromatic heterocycles. The first-order valence-electron chi connectivity index (χ1n) is 6.29. The molecule has 0 spiro atoms. The highest BCUT2D eigenvalue weighted by atomic mass is 15.4. The van der Waals surface area contributed by atoms with Gasteiger partial charge in [-0.05, 0) is 26.3 Å². The van der Waals surface area contributed by atoms with Gasteiger partial charge >= 0.3 is 0 Å². The number of hydrogen-bond acceptors (Lipinski definition) is 4. The predicted molar refractivity (Wildman–Crippen MR) is 69.0 cm³/mol. The van der Waals surface area contributed by atoms with Crippen molar-refractivity contribution in [1.29, 1.82) is 0 Å². The summed E-state index contributed by atoms with van der Waals surface area (Å²) in [7, 11) is 0. The normalized spacial score (nSPS) is 14.7. The summed E-state index contributed by atoms with van der Waals surface area (Å²) < 4.78 is 3.75. The lowest BCUT2D eigenvalue weighted by atomic mass is 10.3. The number of hydrogen-bond donors (Lipinski definition) is 1. The summed E-state index contributed by atoms with van der Waals surface area (Å²) in [6, 6.07) is 2.30. The van der Waals surface area contributed by atoms with Crippen molar-refractivity contribution in [1.82, 2.24) is 24.5 Å².